The van der Waals surface area contributed by atoms with Gasteiger partial charge in [-0.05, 0) is 40.5 Å². The van der Waals surface area contributed by atoms with Crippen molar-refractivity contribution in [3.8, 4) is 28.3 Å². The molecule has 32 heavy (non-hydrogen) atoms. The van der Waals surface area contributed by atoms with E-state index < -0.39 is 0 Å². The molecule has 5 rings (SSSR count). The van der Waals surface area contributed by atoms with Crippen molar-refractivity contribution >= 4 is 22.5 Å². The van der Waals surface area contributed by atoms with E-state index in [-0.39, 0.29) is 0 Å². The van der Waals surface area contributed by atoms with Gasteiger partial charge >= 0.3 is 0 Å². The summed E-state index contributed by atoms with van der Waals surface area (Å²) in [6, 6.07) is 34.9. The van der Waals surface area contributed by atoms with Gasteiger partial charge < -0.3 is 5.32 Å². The molecule has 0 bridgehead atoms. The van der Waals surface area contributed by atoms with Gasteiger partial charge in [0.05, 0.1) is 18.0 Å². The fraction of sp³-hybridized carbons (Fsp3) is 0.0357. The van der Waals surface area contributed by atoms with Gasteiger partial charge in [0, 0.05) is 22.8 Å². The van der Waals surface area contributed by atoms with E-state index in [0.29, 0.717) is 12.4 Å². The third-order valence-corrected chi connectivity index (χ3v) is 5.41. The monoisotopic (exact) mass is 412 g/mol. The third-order valence-electron chi connectivity index (χ3n) is 5.41. The molecule has 0 fully saturated rings. The number of hydrogen-bond acceptors (Lipinski definition) is 4. The Hall–Kier alpha value is -4.49. The molecule has 152 valence electrons. The quantitative estimate of drug-likeness (QED) is 0.346. The number of nitriles is 1. The Kier molecular flexibility index (Phi) is 5.30. The van der Waals surface area contributed by atoms with E-state index in [0.717, 1.165) is 38.8 Å². The molecule has 0 saturated heterocycles. The maximum absolute atomic E-state index is 9.16. The summed E-state index contributed by atoms with van der Waals surface area (Å²) in [7, 11) is 0. The van der Waals surface area contributed by atoms with Crippen LogP contribution in [0.1, 0.15) is 5.56 Å². The number of fused-ring (bicyclic) bond motifs is 1. The SMILES string of the molecule is N#CCc1ccc(Nc2ncc3ccccc3n2)c(-c2ccc(-c3ccccc3)cc2)c1. The normalized spacial score (nSPS) is 10.6. The van der Waals surface area contributed by atoms with Crippen LogP contribution in [0.4, 0.5) is 11.6 Å². The molecule has 0 amide bonds. The second-order valence-electron chi connectivity index (χ2n) is 7.54. The Morgan fingerprint density at radius 1 is 0.750 bits per heavy atom. The summed E-state index contributed by atoms with van der Waals surface area (Å²) in [5, 5.41) is 13.5. The van der Waals surface area contributed by atoms with Crippen LogP contribution in [0.3, 0.4) is 0 Å². The first-order valence-corrected chi connectivity index (χ1v) is 10.4. The van der Waals surface area contributed by atoms with Crippen molar-refractivity contribution in [1.82, 2.24) is 9.97 Å². The van der Waals surface area contributed by atoms with Crippen LogP contribution >= 0.6 is 0 Å². The van der Waals surface area contributed by atoms with Gasteiger partial charge in [-0.2, -0.15) is 5.26 Å². The highest BCUT2D eigenvalue weighted by Gasteiger charge is 2.10. The van der Waals surface area contributed by atoms with Crippen LogP contribution in [-0.2, 0) is 6.42 Å². The lowest BCUT2D eigenvalue weighted by Crippen LogP contribution is -1.99. The van der Waals surface area contributed by atoms with Crippen LogP contribution in [0.15, 0.2) is 103 Å². The van der Waals surface area contributed by atoms with Crippen LogP contribution in [0.5, 0.6) is 0 Å². The molecular weight excluding hydrogens is 392 g/mol. The lowest BCUT2D eigenvalue weighted by molar-refractivity contribution is 1.21. The molecular formula is C28H20N4. The van der Waals surface area contributed by atoms with Crippen LogP contribution in [0.25, 0.3) is 33.2 Å². The Balaban J connectivity index is 1.52. The number of nitrogens with one attached hydrogen (secondary N) is 1. The molecule has 5 aromatic rings. The Labute approximate surface area is 186 Å². The van der Waals surface area contributed by atoms with Crippen molar-refractivity contribution in [2.75, 3.05) is 5.32 Å². The van der Waals surface area contributed by atoms with E-state index >= 15 is 0 Å². The van der Waals surface area contributed by atoms with Gasteiger partial charge in [0.25, 0.3) is 0 Å². The van der Waals surface area contributed by atoms with Crippen LogP contribution < -0.4 is 5.32 Å². The molecule has 0 saturated carbocycles. The fourth-order valence-electron chi connectivity index (χ4n) is 3.77. The summed E-state index contributed by atoms with van der Waals surface area (Å²) < 4.78 is 0. The molecule has 0 aliphatic carbocycles. The largest absolute Gasteiger partial charge is 0.324 e. The Morgan fingerprint density at radius 3 is 2.28 bits per heavy atom. The molecule has 1 N–H and O–H groups in total. The molecule has 1 heterocycles. The number of hydrogen-bond donors (Lipinski definition) is 1. The van der Waals surface area contributed by atoms with E-state index in [9.17, 15) is 0 Å². The summed E-state index contributed by atoms with van der Waals surface area (Å²) in [4.78, 5) is 9.12. The molecule has 4 heteroatoms. The van der Waals surface area contributed by atoms with Gasteiger partial charge in [0.2, 0.25) is 5.95 Å². The Morgan fingerprint density at radius 2 is 1.47 bits per heavy atom. The van der Waals surface area contributed by atoms with Gasteiger partial charge in [-0.25, -0.2) is 9.97 Å². The van der Waals surface area contributed by atoms with E-state index in [1.165, 1.54) is 5.56 Å². The maximum atomic E-state index is 9.16. The lowest BCUT2D eigenvalue weighted by atomic mass is 9.97. The van der Waals surface area contributed by atoms with Crippen LogP contribution in [0.2, 0.25) is 0 Å². The summed E-state index contributed by atoms with van der Waals surface area (Å²) >= 11 is 0. The second kappa shape index (κ2) is 8.71. The number of benzene rings is 4. The van der Waals surface area contributed by atoms with Crippen LogP contribution in [0, 0.1) is 11.3 Å². The van der Waals surface area contributed by atoms with Gasteiger partial charge in [-0.3, -0.25) is 0 Å². The molecule has 0 radical (unpaired) electrons. The molecule has 1 aromatic heterocycles. The number of rotatable bonds is 5. The number of nitrogens with zero attached hydrogens (tertiary/aromatic N) is 3. The summed E-state index contributed by atoms with van der Waals surface area (Å²) in [6.07, 6.45) is 2.19. The minimum absolute atomic E-state index is 0.363. The smallest absolute Gasteiger partial charge is 0.227 e. The number of anilines is 2. The van der Waals surface area contributed by atoms with Gasteiger partial charge in [0.15, 0.2) is 0 Å². The van der Waals surface area contributed by atoms with Crippen molar-refractivity contribution in [3.63, 3.8) is 0 Å². The highest BCUT2D eigenvalue weighted by molar-refractivity contribution is 5.83. The first-order chi connectivity index (χ1) is 15.8. The minimum Gasteiger partial charge on any atom is -0.324 e. The molecule has 0 atom stereocenters. The molecule has 0 aliphatic heterocycles. The first-order valence-electron chi connectivity index (χ1n) is 10.4. The zero-order valence-corrected chi connectivity index (χ0v) is 17.4. The van der Waals surface area contributed by atoms with Gasteiger partial charge in [-0.15, -0.1) is 0 Å². The summed E-state index contributed by atoms with van der Waals surface area (Å²) in [5.41, 5.74) is 7.17. The summed E-state index contributed by atoms with van der Waals surface area (Å²) in [6.45, 7) is 0. The zero-order valence-electron chi connectivity index (χ0n) is 17.4. The predicted octanol–water partition coefficient (Wildman–Crippen LogP) is 6.77. The van der Waals surface area contributed by atoms with E-state index in [1.807, 2.05) is 60.8 Å². The highest BCUT2D eigenvalue weighted by atomic mass is 15.1. The Bertz CT molecular complexity index is 1420. The molecule has 4 nitrogen and oxygen atoms in total. The standard InChI is InChI=1S/C28H20N4/c29-17-16-20-10-15-27(32-28-30-19-24-8-4-5-9-26(24)31-28)25(18-20)23-13-11-22(12-14-23)21-6-2-1-3-7-21/h1-15,18-19H,16H2,(H,30,31,32). The van der Waals surface area contributed by atoms with Crippen LogP contribution in [-0.4, -0.2) is 9.97 Å². The van der Waals surface area contributed by atoms with Crippen molar-refractivity contribution in [1.29, 1.82) is 5.26 Å². The third kappa shape index (κ3) is 4.05. The van der Waals surface area contributed by atoms with Gasteiger partial charge in [-0.1, -0.05) is 78.9 Å². The topological polar surface area (TPSA) is 61.6 Å². The van der Waals surface area contributed by atoms with Crippen molar-refractivity contribution in [2.45, 2.75) is 6.42 Å². The van der Waals surface area contributed by atoms with E-state index in [4.69, 9.17) is 5.26 Å². The number of aromatic nitrogens is 2. The van der Waals surface area contributed by atoms with Crippen molar-refractivity contribution in [3.05, 3.63) is 109 Å². The van der Waals surface area contributed by atoms with Crippen molar-refractivity contribution < 1.29 is 0 Å². The maximum Gasteiger partial charge on any atom is 0.227 e. The van der Waals surface area contributed by atoms with Gasteiger partial charge in [0.1, 0.15) is 0 Å². The highest BCUT2D eigenvalue weighted by Crippen LogP contribution is 2.32. The first kappa shape index (κ1) is 19.5. The zero-order chi connectivity index (χ0) is 21.8. The fourth-order valence-corrected chi connectivity index (χ4v) is 3.77. The van der Waals surface area contributed by atoms with E-state index in [2.05, 4.69) is 63.8 Å². The average Bonchev–Trinajstić information content (AvgIpc) is 2.86. The molecule has 0 aliphatic rings. The summed E-state index contributed by atoms with van der Waals surface area (Å²) in [5.74, 6) is 0.541. The predicted molar refractivity (Wildman–Crippen MR) is 129 cm³/mol. The van der Waals surface area contributed by atoms with E-state index in [1.54, 1.807) is 0 Å². The molecule has 4 aromatic carbocycles. The average molecular weight is 412 g/mol. The minimum atomic E-state index is 0.363. The van der Waals surface area contributed by atoms with Crippen molar-refractivity contribution in [2.24, 2.45) is 0 Å². The number of para-hydroxylation sites is 1. The molecule has 0 spiro atoms. The second-order valence-corrected chi connectivity index (χ2v) is 7.54. The lowest BCUT2D eigenvalue weighted by Gasteiger charge is -2.14. The molecule has 0 unspecified atom stereocenters.